The highest BCUT2D eigenvalue weighted by Crippen LogP contribution is 2.38. The van der Waals surface area contributed by atoms with E-state index in [0.717, 1.165) is 11.1 Å². The lowest BCUT2D eigenvalue weighted by Crippen LogP contribution is -2.40. The van der Waals surface area contributed by atoms with Crippen molar-refractivity contribution in [1.29, 1.82) is 0 Å². The molecule has 190 valence electrons. The van der Waals surface area contributed by atoms with Crippen molar-refractivity contribution in [2.24, 2.45) is 11.7 Å². The zero-order chi connectivity index (χ0) is 26.3. The molecule has 2 N–H and O–H groups in total. The van der Waals surface area contributed by atoms with Gasteiger partial charge in [-0.15, -0.1) is 0 Å². The molecule has 2 saturated heterocycles. The molecular formula is C27H27N5O3S2. The van der Waals surface area contributed by atoms with E-state index in [1.54, 1.807) is 23.2 Å². The topological polar surface area (TPSA) is 101 Å². The molecule has 37 heavy (non-hydrogen) atoms. The number of carbonyl (C=O) groups excluding carboxylic acids is 2. The number of hydrogen-bond donors (Lipinski definition) is 1. The number of rotatable bonds is 5. The van der Waals surface area contributed by atoms with Gasteiger partial charge in [0.1, 0.15) is 15.8 Å². The minimum absolute atomic E-state index is 0.195. The number of aryl methyl sites for hydroxylation is 1. The van der Waals surface area contributed by atoms with Gasteiger partial charge in [0.15, 0.2) is 0 Å². The van der Waals surface area contributed by atoms with Crippen LogP contribution in [-0.4, -0.2) is 43.5 Å². The number of aromatic nitrogens is 2. The standard InChI is InChI=1S/C27H27N5O3S2/c1-16-8-9-22-29-24(30-12-10-19(11-13-30)23(28)33)20(25(34)31(22)15-16)14-21-26(35)32(27(36)37-21)17(2)18-6-4-3-5-7-18/h3-9,14-15,17,19H,10-13H2,1-2H3,(H2,28,33)/b21-14+. The fraction of sp³-hybridized carbons (Fsp3) is 0.296. The fourth-order valence-electron chi connectivity index (χ4n) is 4.82. The van der Waals surface area contributed by atoms with Crippen LogP contribution in [0.25, 0.3) is 11.7 Å². The van der Waals surface area contributed by atoms with Crippen molar-refractivity contribution < 1.29 is 9.59 Å². The summed E-state index contributed by atoms with van der Waals surface area (Å²) in [5.74, 6) is -0.241. The van der Waals surface area contributed by atoms with Crippen molar-refractivity contribution >= 4 is 57.7 Å². The Labute approximate surface area is 224 Å². The van der Waals surface area contributed by atoms with Crippen LogP contribution in [0, 0.1) is 12.8 Å². The summed E-state index contributed by atoms with van der Waals surface area (Å²) in [5.41, 5.74) is 7.99. The van der Waals surface area contributed by atoms with E-state index in [1.807, 2.05) is 55.1 Å². The van der Waals surface area contributed by atoms with Crippen molar-refractivity contribution in [1.82, 2.24) is 14.3 Å². The van der Waals surface area contributed by atoms with Crippen molar-refractivity contribution in [3.05, 3.63) is 80.6 Å². The Morgan fingerprint density at radius 2 is 1.86 bits per heavy atom. The number of benzene rings is 1. The van der Waals surface area contributed by atoms with E-state index in [2.05, 4.69) is 0 Å². The van der Waals surface area contributed by atoms with E-state index < -0.39 is 0 Å². The first kappa shape index (κ1) is 25.2. The molecule has 2 fully saturated rings. The largest absolute Gasteiger partial charge is 0.369 e. The molecule has 2 aromatic heterocycles. The minimum Gasteiger partial charge on any atom is -0.369 e. The molecule has 0 bridgehead atoms. The predicted octanol–water partition coefficient (Wildman–Crippen LogP) is 3.67. The number of carbonyl (C=O) groups is 2. The molecule has 2 aliphatic heterocycles. The third-order valence-corrected chi connectivity index (χ3v) is 8.28. The number of pyridine rings is 1. The quantitative estimate of drug-likeness (QED) is 0.395. The second kappa shape index (κ2) is 10.1. The molecule has 1 atom stereocenters. The monoisotopic (exact) mass is 533 g/mol. The molecule has 3 aromatic rings. The Kier molecular flexibility index (Phi) is 6.87. The summed E-state index contributed by atoms with van der Waals surface area (Å²) in [6.45, 7) is 4.92. The Hall–Kier alpha value is -3.50. The van der Waals surface area contributed by atoms with E-state index in [9.17, 15) is 14.4 Å². The lowest BCUT2D eigenvalue weighted by Gasteiger charge is -2.32. The second-order valence-electron chi connectivity index (χ2n) is 9.39. The van der Waals surface area contributed by atoms with Gasteiger partial charge in [-0.25, -0.2) is 4.98 Å². The number of primary amides is 1. The van der Waals surface area contributed by atoms with Crippen LogP contribution in [0.15, 0.2) is 58.4 Å². The third-order valence-electron chi connectivity index (χ3n) is 6.95. The van der Waals surface area contributed by atoms with E-state index in [1.165, 1.54) is 16.2 Å². The van der Waals surface area contributed by atoms with Crippen LogP contribution in [0.5, 0.6) is 0 Å². The number of nitrogens with two attached hydrogens (primary N) is 1. The Bertz CT molecular complexity index is 1490. The summed E-state index contributed by atoms with van der Waals surface area (Å²) >= 11 is 6.77. The van der Waals surface area contributed by atoms with Gasteiger partial charge in [-0.3, -0.25) is 23.7 Å². The Balaban J connectivity index is 1.57. The molecule has 5 rings (SSSR count). The number of hydrogen-bond acceptors (Lipinski definition) is 7. The van der Waals surface area contributed by atoms with Crippen LogP contribution >= 0.6 is 24.0 Å². The number of thioether (sulfide) groups is 1. The lowest BCUT2D eigenvalue weighted by atomic mass is 9.96. The van der Waals surface area contributed by atoms with Crippen molar-refractivity contribution in [3.63, 3.8) is 0 Å². The smallest absolute Gasteiger partial charge is 0.267 e. The van der Waals surface area contributed by atoms with E-state index in [0.29, 0.717) is 52.2 Å². The Morgan fingerprint density at radius 1 is 1.16 bits per heavy atom. The molecule has 8 nitrogen and oxygen atoms in total. The Morgan fingerprint density at radius 3 is 2.54 bits per heavy atom. The van der Waals surface area contributed by atoms with Crippen molar-refractivity contribution in [2.75, 3.05) is 18.0 Å². The van der Waals surface area contributed by atoms with Crippen LogP contribution < -0.4 is 16.2 Å². The number of thiocarbonyl (C=S) groups is 1. The van der Waals surface area contributed by atoms with Gasteiger partial charge in [0.05, 0.1) is 16.5 Å². The van der Waals surface area contributed by atoms with Gasteiger partial charge in [-0.2, -0.15) is 0 Å². The summed E-state index contributed by atoms with van der Waals surface area (Å²) in [6, 6.07) is 13.2. The molecule has 1 unspecified atom stereocenters. The van der Waals surface area contributed by atoms with Gasteiger partial charge < -0.3 is 10.6 Å². The summed E-state index contributed by atoms with van der Waals surface area (Å²) < 4.78 is 1.95. The first-order valence-electron chi connectivity index (χ1n) is 12.1. The van der Waals surface area contributed by atoms with E-state index in [4.69, 9.17) is 22.9 Å². The summed E-state index contributed by atoms with van der Waals surface area (Å²) in [6.07, 6.45) is 4.53. The molecule has 0 radical (unpaired) electrons. The van der Waals surface area contributed by atoms with Gasteiger partial charge in [-0.1, -0.05) is 60.4 Å². The highest BCUT2D eigenvalue weighted by atomic mass is 32.2. The highest BCUT2D eigenvalue weighted by Gasteiger charge is 2.37. The number of fused-ring (bicyclic) bond motifs is 1. The maximum Gasteiger partial charge on any atom is 0.267 e. The fourth-order valence-corrected chi connectivity index (χ4v) is 6.22. The molecule has 4 heterocycles. The van der Waals surface area contributed by atoms with E-state index >= 15 is 0 Å². The van der Waals surface area contributed by atoms with Crippen LogP contribution in [0.2, 0.25) is 0 Å². The van der Waals surface area contributed by atoms with Crippen molar-refractivity contribution in [3.8, 4) is 0 Å². The number of piperidine rings is 1. The summed E-state index contributed by atoms with van der Waals surface area (Å²) in [5, 5.41) is 0. The number of anilines is 1. The molecule has 0 aliphatic carbocycles. The van der Waals surface area contributed by atoms with Gasteiger partial charge in [-0.05, 0) is 50.0 Å². The van der Waals surface area contributed by atoms with Gasteiger partial charge in [0, 0.05) is 25.2 Å². The highest BCUT2D eigenvalue weighted by molar-refractivity contribution is 8.26. The summed E-state index contributed by atoms with van der Waals surface area (Å²) in [4.78, 5) is 47.7. The van der Waals surface area contributed by atoms with Gasteiger partial charge in [0.25, 0.3) is 11.5 Å². The summed E-state index contributed by atoms with van der Waals surface area (Å²) in [7, 11) is 0. The number of nitrogens with zero attached hydrogens (tertiary/aromatic N) is 4. The zero-order valence-corrected chi connectivity index (χ0v) is 22.2. The van der Waals surface area contributed by atoms with Crippen LogP contribution in [0.1, 0.15) is 42.5 Å². The van der Waals surface area contributed by atoms with Crippen LogP contribution in [0.4, 0.5) is 5.82 Å². The first-order valence-corrected chi connectivity index (χ1v) is 13.4. The van der Waals surface area contributed by atoms with Gasteiger partial charge >= 0.3 is 0 Å². The van der Waals surface area contributed by atoms with Crippen LogP contribution in [0.3, 0.4) is 0 Å². The van der Waals surface area contributed by atoms with Gasteiger partial charge in [0.2, 0.25) is 5.91 Å². The molecule has 1 aromatic carbocycles. The van der Waals surface area contributed by atoms with E-state index in [-0.39, 0.29) is 29.3 Å². The molecule has 10 heteroatoms. The molecule has 2 aliphatic rings. The molecule has 0 saturated carbocycles. The second-order valence-corrected chi connectivity index (χ2v) is 11.1. The number of amides is 2. The maximum atomic E-state index is 13.7. The molecule has 2 amide bonds. The molecular weight excluding hydrogens is 506 g/mol. The normalized spacial score (nSPS) is 18.7. The first-order chi connectivity index (χ1) is 17.7. The SMILES string of the molecule is Cc1ccc2nc(N3CCC(C(N)=O)CC3)c(/C=C3/SC(=S)N(C(C)c4ccccc4)C3=O)c(=O)n2c1. The van der Waals surface area contributed by atoms with Crippen molar-refractivity contribution in [2.45, 2.75) is 32.7 Å². The van der Waals surface area contributed by atoms with Crippen LogP contribution in [-0.2, 0) is 9.59 Å². The zero-order valence-electron chi connectivity index (χ0n) is 20.6. The maximum absolute atomic E-state index is 13.7. The lowest BCUT2D eigenvalue weighted by molar-refractivity contribution is -0.123. The third kappa shape index (κ3) is 4.78. The minimum atomic E-state index is -0.307. The average Bonchev–Trinajstić information content (AvgIpc) is 3.18. The average molecular weight is 534 g/mol. The predicted molar refractivity (Wildman–Crippen MR) is 150 cm³/mol. The molecule has 0 spiro atoms.